The molecule has 1 aromatic rings. The number of benzene rings is 1. The second-order valence-corrected chi connectivity index (χ2v) is 7.12. The van der Waals surface area contributed by atoms with Crippen LogP contribution in [0.4, 0.5) is 0 Å². The maximum atomic E-state index is 12.2. The van der Waals surface area contributed by atoms with E-state index in [1.54, 1.807) is 20.8 Å². The van der Waals surface area contributed by atoms with E-state index in [4.69, 9.17) is 5.73 Å². The number of nitrogens with two attached hydrogens (primary N) is 1. The molecule has 0 amide bonds. The first-order chi connectivity index (χ1) is 11.1. The molecule has 0 saturated carbocycles. The lowest BCUT2D eigenvalue weighted by Gasteiger charge is -2.43. The van der Waals surface area contributed by atoms with Gasteiger partial charge in [0, 0.05) is 6.54 Å². The van der Waals surface area contributed by atoms with Gasteiger partial charge in [-0.2, -0.15) is 0 Å². The van der Waals surface area contributed by atoms with Crippen molar-refractivity contribution in [2.75, 3.05) is 6.54 Å². The van der Waals surface area contributed by atoms with Crippen LogP contribution in [0.15, 0.2) is 30.3 Å². The Hall–Kier alpha value is -1.92. The standard InChI is InChI=1S/C18H28N2O4/c1-17(2,3)18(16(23)24,11-14(9-10-19)15(21)22)20-12-13-7-5-4-6-8-13/h4-8,14,20H,9-12,19H2,1-3H3,(H,21,22)(H,23,24)/t14?,18-/m0/s1. The molecule has 134 valence electrons. The van der Waals surface area contributed by atoms with E-state index in [2.05, 4.69) is 5.32 Å². The van der Waals surface area contributed by atoms with Crippen LogP contribution < -0.4 is 11.1 Å². The third kappa shape index (κ3) is 4.79. The monoisotopic (exact) mass is 336 g/mol. The highest BCUT2D eigenvalue weighted by Gasteiger charge is 2.50. The van der Waals surface area contributed by atoms with Gasteiger partial charge in [-0.25, -0.2) is 0 Å². The van der Waals surface area contributed by atoms with E-state index in [0.29, 0.717) is 6.54 Å². The fraction of sp³-hybridized carbons (Fsp3) is 0.556. The van der Waals surface area contributed by atoms with Gasteiger partial charge in [0.15, 0.2) is 0 Å². The van der Waals surface area contributed by atoms with Crippen LogP contribution in [0.2, 0.25) is 0 Å². The first-order valence-electron chi connectivity index (χ1n) is 8.09. The summed E-state index contributed by atoms with van der Waals surface area (Å²) in [7, 11) is 0. The molecule has 24 heavy (non-hydrogen) atoms. The van der Waals surface area contributed by atoms with E-state index in [1.807, 2.05) is 30.3 Å². The molecule has 0 bridgehead atoms. The molecule has 1 aromatic carbocycles. The SMILES string of the molecule is CC(C)(C)[C@@](CC(CCN)C(=O)O)(NCc1ccccc1)C(=O)O. The summed E-state index contributed by atoms with van der Waals surface area (Å²) in [6, 6.07) is 9.45. The molecule has 1 rings (SSSR count). The Kier molecular flexibility index (Phi) is 6.93. The number of rotatable bonds is 9. The Morgan fingerprint density at radius 2 is 1.75 bits per heavy atom. The normalized spacial score (nSPS) is 15.5. The summed E-state index contributed by atoms with van der Waals surface area (Å²) in [4.78, 5) is 23.7. The first-order valence-corrected chi connectivity index (χ1v) is 8.09. The van der Waals surface area contributed by atoms with Crippen molar-refractivity contribution in [3.8, 4) is 0 Å². The van der Waals surface area contributed by atoms with E-state index < -0.39 is 28.8 Å². The van der Waals surface area contributed by atoms with Crippen LogP contribution in [0, 0.1) is 11.3 Å². The quantitative estimate of drug-likeness (QED) is 0.549. The maximum Gasteiger partial charge on any atom is 0.324 e. The van der Waals surface area contributed by atoms with Gasteiger partial charge in [0.25, 0.3) is 0 Å². The molecule has 0 heterocycles. The van der Waals surface area contributed by atoms with E-state index in [9.17, 15) is 19.8 Å². The summed E-state index contributed by atoms with van der Waals surface area (Å²) >= 11 is 0. The lowest BCUT2D eigenvalue weighted by Crippen LogP contribution is -2.61. The molecule has 0 aliphatic rings. The summed E-state index contributed by atoms with van der Waals surface area (Å²) in [6.07, 6.45) is 0.221. The van der Waals surface area contributed by atoms with Crippen LogP contribution in [0.5, 0.6) is 0 Å². The van der Waals surface area contributed by atoms with Gasteiger partial charge in [0.2, 0.25) is 0 Å². The zero-order valence-electron chi connectivity index (χ0n) is 14.6. The molecule has 0 aliphatic heterocycles. The highest BCUT2D eigenvalue weighted by atomic mass is 16.4. The van der Waals surface area contributed by atoms with E-state index >= 15 is 0 Å². The molecular weight excluding hydrogens is 308 g/mol. The fourth-order valence-corrected chi connectivity index (χ4v) is 2.86. The van der Waals surface area contributed by atoms with Crippen LogP contribution in [0.3, 0.4) is 0 Å². The lowest BCUT2D eigenvalue weighted by atomic mass is 9.68. The highest BCUT2D eigenvalue weighted by Crippen LogP contribution is 2.37. The second kappa shape index (κ2) is 8.26. The summed E-state index contributed by atoms with van der Waals surface area (Å²) in [5.41, 5.74) is 4.39. The molecule has 5 N–H and O–H groups in total. The third-order valence-electron chi connectivity index (χ3n) is 4.50. The van der Waals surface area contributed by atoms with Crippen molar-refractivity contribution in [3.05, 3.63) is 35.9 Å². The minimum Gasteiger partial charge on any atom is -0.481 e. The van der Waals surface area contributed by atoms with Crippen molar-refractivity contribution in [1.82, 2.24) is 5.32 Å². The molecule has 0 spiro atoms. The predicted octanol–water partition coefficient (Wildman–Crippen LogP) is 2.09. The van der Waals surface area contributed by atoms with Crippen molar-refractivity contribution in [2.45, 2.75) is 45.7 Å². The third-order valence-corrected chi connectivity index (χ3v) is 4.50. The number of nitrogens with one attached hydrogen (secondary N) is 1. The Morgan fingerprint density at radius 1 is 1.17 bits per heavy atom. The number of carboxylic acids is 2. The number of hydrogen-bond donors (Lipinski definition) is 4. The largest absolute Gasteiger partial charge is 0.481 e. The van der Waals surface area contributed by atoms with E-state index in [0.717, 1.165) is 5.56 Å². The van der Waals surface area contributed by atoms with Gasteiger partial charge in [-0.05, 0) is 30.4 Å². The van der Waals surface area contributed by atoms with Crippen LogP contribution in [-0.4, -0.2) is 34.2 Å². The number of carboxylic acid groups (broad SMARTS) is 2. The molecule has 2 atom stereocenters. The molecule has 1 unspecified atom stereocenters. The van der Waals surface area contributed by atoms with Crippen molar-refractivity contribution in [3.63, 3.8) is 0 Å². The molecule has 0 aliphatic carbocycles. The topological polar surface area (TPSA) is 113 Å². The van der Waals surface area contributed by atoms with Gasteiger partial charge in [0.1, 0.15) is 5.54 Å². The second-order valence-electron chi connectivity index (χ2n) is 7.12. The fourth-order valence-electron chi connectivity index (χ4n) is 2.86. The van der Waals surface area contributed by atoms with Gasteiger partial charge in [0.05, 0.1) is 5.92 Å². The van der Waals surface area contributed by atoms with Gasteiger partial charge in [-0.3, -0.25) is 14.9 Å². The average molecular weight is 336 g/mol. The first kappa shape index (κ1) is 20.1. The van der Waals surface area contributed by atoms with Crippen LogP contribution >= 0.6 is 0 Å². The Labute approximate surface area is 143 Å². The highest BCUT2D eigenvalue weighted by molar-refractivity contribution is 5.81. The smallest absolute Gasteiger partial charge is 0.324 e. The zero-order valence-corrected chi connectivity index (χ0v) is 14.6. The Morgan fingerprint density at radius 3 is 2.17 bits per heavy atom. The number of carbonyl (C=O) groups is 2. The maximum absolute atomic E-state index is 12.2. The van der Waals surface area contributed by atoms with Crippen LogP contribution in [0.25, 0.3) is 0 Å². The van der Waals surface area contributed by atoms with Gasteiger partial charge in [-0.15, -0.1) is 0 Å². The van der Waals surface area contributed by atoms with Gasteiger partial charge >= 0.3 is 11.9 Å². The summed E-state index contributed by atoms with van der Waals surface area (Å²) in [5, 5.41) is 22.5. The van der Waals surface area contributed by atoms with Crippen LogP contribution in [0.1, 0.15) is 39.2 Å². The lowest BCUT2D eigenvalue weighted by molar-refractivity contribution is -0.154. The Bertz CT molecular complexity index is 554. The van der Waals surface area contributed by atoms with Gasteiger partial charge in [-0.1, -0.05) is 51.1 Å². The molecule has 0 saturated heterocycles. The van der Waals surface area contributed by atoms with Crippen molar-refractivity contribution in [2.24, 2.45) is 17.1 Å². The molecule has 6 nitrogen and oxygen atoms in total. The van der Waals surface area contributed by atoms with Crippen molar-refractivity contribution in [1.29, 1.82) is 0 Å². The molecule has 0 aromatic heterocycles. The summed E-state index contributed by atoms with van der Waals surface area (Å²) in [5.74, 6) is -2.88. The molecule has 0 radical (unpaired) electrons. The number of aliphatic carboxylic acids is 2. The number of hydrogen-bond acceptors (Lipinski definition) is 4. The zero-order chi connectivity index (χ0) is 18.4. The molecule has 6 heteroatoms. The van der Waals surface area contributed by atoms with E-state index in [1.165, 1.54) is 0 Å². The summed E-state index contributed by atoms with van der Waals surface area (Å²) < 4.78 is 0. The van der Waals surface area contributed by atoms with Crippen LogP contribution in [-0.2, 0) is 16.1 Å². The van der Waals surface area contributed by atoms with Gasteiger partial charge < -0.3 is 15.9 Å². The van der Waals surface area contributed by atoms with Crippen molar-refractivity contribution >= 4 is 11.9 Å². The minimum absolute atomic E-state index is 0.0226. The average Bonchev–Trinajstić information content (AvgIpc) is 2.49. The Balaban J connectivity index is 3.14. The predicted molar refractivity (Wildman–Crippen MR) is 92.5 cm³/mol. The summed E-state index contributed by atoms with van der Waals surface area (Å²) in [6.45, 7) is 5.97. The van der Waals surface area contributed by atoms with E-state index in [-0.39, 0.29) is 19.4 Å². The van der Waals surface area contributed by atoms with Crippen molar-refractivity contribution < 1.29 is 19.8 Å². The molecule has 0 fully saturated rings. The molecular formula is C18H28N2O4. The minimum atomic E-state index is -1.37.